The van der Waals surface area contributed by atoms with E-state index >= 15 is 0 Å². The molecule has 0 spiro atoms. The quantitative estimate of drug-likeness (QED) is 0.898. The summed E-state index contributed by atoms with van der Waals surface area (Å²) in [4.78, 5) is 14.0. The SMILES string of the molecule is COc1ccc(C2NCC(=O)N2CCC(C)C)cc1C. The lowest BCUT2D eigenvalue weighted by Gasteiger charge is -2.26. The molecule has 2 rings (SSSR count). The molecule has 20 heavy (non-hydrogen) atoms. The third-order valence-electron chi connectivity index (χ3n) is 3.76. The third kappa shape index (κ3) is 3.12. The topological polar surface area (TPSA) is 41.6 Å². The number of nitrogens with zero attached hydrogens (tertiary/aromatic N) is 1. The van der Waals surface area contributed by atoms with Crippen molar-refractivity contribution in [1.82, 2.24) is 10.2 Å². The molecular formula is C16H24N2O2. The van der Waals surface area contributed by atoms with E-state index in [2.05, 4.69) is 25.2 Å². The summed E-state index contributed by atoms with van der Waals surface area (Å²) in [6.07, 6.45) is 1.02. The fourth-order valence-electron chi connectivity index (χ4n) is 2.56. The van der Waals surface area contributed by atoms with Crippen molar-refractivity contribution < 1.29 is 9.53 Å². The second-order valence-electron chi connectivity index (χ2n) is 5.78. The van der Waals surface area contributed by atoms with Gasteiger partial charge in [0.2, 0.25) is 5.91 Å². The number of carbonyl (C=O) groups excluding carboxylic acids is 1. The number of carbonyl (C=O) groups is 1. The Morgan fingerprint density at radius 2 is 2.20 bits per heavy atom. The van der Waals surface area contributed by atoms with Crippen molar-refractivity contribution in [3.63, 3.8) is 0 Å². The van der Waals surface area contributed by atoms with Crippen LogP contribution in [-0.4, -0.2) is 31.0 Å². The summed E-state index contributed by atoms with van der Waals surface area (Å²) in [5, 5.41) is 3.30. The second kappa shape index (κ2) is 6.27. The summed E-state index contributed by atoms with van der Waals surface area (Å²) >= 11 is 0. The molecule has 1 unspecified atom stereocenters. The minimum atomic E-state index is -0.00847. The Bertz CT molecular complexity index is 485. The van der Waals surface area contributed by atoms with E-state index < -0.39 is 0 Å². The molecule has 0 aliphatic carbocycles. The summed E-state index contributed by atoms with van der Waals surface area (Å²) in [7, 11) is 1.67. The molecule has 1 heterocycles. The van der Waals surface area contributed by atoms with Crippen LogP contribution in [0.15, 0.2) is 18.2 Å². The standard InChI is InChI=1S/C16H24N2O2/c1-11(2)7-8-18-15(19)10-17-16(18)13-5-6-14(20-4)12(3)9-13/h5-6,9,11,16-17H,7-8,10H2,1-4H3. The number of hydrogen-bond acceptors (Lipinski definition) is 3. The van der Waals surface area contributed by atoms with Crippen molar-refractivity contribution in [3.05, 3.63) is 29.3 Å². The Hall–Kier alpha value is -1.55. The van der Waals surface area contributed by atoms with Gasteiger partial charge >= 0.3 is 0 Å². The maximum Gasteiger partial charge on any atom is 0.238 e. The summed E-state index contributed by atoms with van der Waals surface area (Å²) in [5.41, 5.74) is 2.22. The Kier molecular flexibility index (Phi) is 4.65. The van der Waals surface area contributed by atoms with Crippen LogP contribution in [0.25, 0.3) is 0 Å². The smallest absolute Gasteiger partial charge is 0.238 e. The van der Waals surface area contributed by atoms with Gasteiger partial charge in [0.25, 0.3) is 0 Å². The van der Waals surface area contributed by atoms with Crippen LogP contribution in [-0.2, 0) is 4.79 Å². The second-order valence-corrected chi connectivity index (χ2v) is 5.78. The van der Waals surface area contributed by atoms with Gasteiger partial charge in [-0.3, -0.25) is 10.1 Å². The molecule has 0 bridgehead atoms. The predicted molar refractivity (Wildman–Crippen MR) is 79.6 cm³/mol. The summed E-state index contributed by atoms with van der Waals surface area (Å²) in [6, 6.07) is 6.09. The average molecular weight is 276 g/mol. The molecule has 110 valence electrons. The minimum absolute atomic E-state index is 0.00847. The Morgan fingerprint density at radius 3 is 2.80 bits per heavy atom. The van der Waals surface area contributed by atoms with E-state index in [1.165, 1.54) is 0 Å². The highest BCUT2D eigenvalue weighted by atomic mass is 16.5. The maximum atomic E-state index is 12.0. The molecule has 1 aromatic carbocycles. The number of rotatable bonds is 5. The minimum Gasteiger partial charge on any atom is -0.496 e. The summed E-state index contributed by atoms with van der Waals surface area (Å²) in [5.74, 6) is 1.66. The molecule has 1 aliphatic heterocycles. The molecule has 1 fully saturated rings. The van der Waals surface area contributed by atoms with E-state index in [0.29, 0.717) is 12.5 Å². The van der Waals surface area contributed by atoms with Gasteiger partial charge in [-0.25, -0.2) is 0 Å². The van der Waals surface area contributed by atoms with Gasteiger partial charge < -0.3 is 9.64 Å². The number of hydrogen-bond donors (Lipinski definition) is 1. The average Bonchev–Trinajstić information content (AvgIpc) is 2.77. The number of ether oxygens (including phenoxy) is 1. The zero-order valence-electron chi connectivity index (χ0n) is 12.8. The van der Waals surface area contributed by atoms with E-state index in [-0.39, 0.29) is 12.1 Å². The molecule has 1 atom stereocenters. The van der Waals surface area contributed by atoms with Gasteiger partial charge in [0.15, 0.2) is 0 Å². The molecule has 0 radical (unpaired) electrons. The molecule has 1 aromatic rings. The van der Waals surface area contributed by atoms with Gasteiger partial charge in [0, 0.05) is 6.54 Å². The summed E-state index contributed by atoms with van der Waals surface area (Å²) < 4.78 is 5.29. The van der Waals surface area contributed by atoms with Gasteiger partial charge in [0.1, 0.15) is 11.9 Å². The van der Waals surface area contributed by atoms with Gasteiger partial charge in [-0.2, -0.15) is 0 Å². The van der Waals surface area contributed by atoms with Gasteiger partial charge in [-0.15, -0.1) is 0 Å². The summed E-state index contributed by atoms with van der Waals surface area (Å²) in [6.45, 7) is 7.62. The van der Waals surface area contributed by atoms with E-state index in [1.807, 2.05) is 24.0 Å². The Labute approximate surface area is 121 Å². The normalized spacial score (nSPS) is 18.9. The first-order chi connectivity index (χ1) is 9.52. The molecule has 4 heteroatoms. The number of methoxy groups -OCH3 is 1. The zero-order chi connectivity index (χ0) is 14.7. The molecule has 1 amide bonds. The van der Waals surface area contributed by atoms with Crippen LogP contribution < -0.4 is 10.1 Å². The van der Waals surface area contributed by atoms with Gasteiger partial charge in [0.05, 0.1) is 13.7 Å². The van der Waals surface area contributed by atoms with Crippen LogP contribution in [0.1, 0.15) is 37.6 Å². The number of nitrogens with one attached hydrogen (secondary N) is 1. The van der Waals surface area contributed by atoms with E-state index in [0.717, 1.165) is 29.8 Å². The highest BCUT2D eigenvalue weighted by Crippen LogP contribution is 2.27. The van der Waals surface area contributed by atoms with Crippen LogP contribution in [0.3, 0.4) is 0 Å². The van der Waals surface area contributed by atoms with Crippen molar-refractivity contribution in [2.75, 3.05) is 20.2 Å². The molecule has 1 saturated heterocycles. The molecule has 0 saturated carbocycles. The Balaban J connectivity index is 2.17. The first-order valence-electron chi connectivity index (χ1n) is 7.20. The van der Waals surface area contributed by atoms with E-state index in [4.69, 9.17) is 4.74 Å². The maximum absolute atomic E-state index is 12.0. The monoisotopic (exact) mass is 276 g/mol. The van der Waals surface area contributed by atoms with Crippen LogP contribution >= 0.6 is 0 Å². The molecule has 1 aliphatic rings. The fourth-order valence-corrected chi connectivity index (χ4v) is 2.56. The molecule has 4 nitrogen and oxygen atoms in total. The lowest BCUT2D eigenvalue weighted by molar-refractivity contribution is -0.128. The van der Waals surface area contributed by atoms with Crippen LogP contribution in [0, 0.1) is 12.8 Å². The van der Waals surface area contributed by atoms with Gasteiger partial charge in [-0.05, 0) is 42.5 Å². The third-order valence-corrected chi connectivity index (χ3v) is 3.76. The van der Waals surface area contributed by atoms with Crippen LogP contribution in [0.5, 0.6) is 5.75 Å². The zero-order valence-corrected chi connectivity index (χ0v) is 12.8. The van der Waals surface area contributed by atoms with Crippen molar-refractivity contribution in [3.8, 4) is 5.75 Å². The van der Waals surface area contributed by atoms with E-state index in [1.54, 1.807) is 7.11 Å². The first kappa shape index (κ1) is 14.9. The molecule has 1 N–H and O–H groups in total. The van der Waals surface area contributed by atoms with Crippen molar-refractivity contribution in [2.24, 2.45) is 5.92 Å². The fraction of sp³-hybridized carbons (Fsp3) is 0.562. The van der Waals surface area contributed by atoms with Crippen molar-refractivity contribution >= 4 is 5.91 Å². The lowest BCUT2D eigenvalue weighted by Crippen LogP contribution is -2.31. The highest BCUT2D eigenvalue weighted by molar-refractivity contribution is 5.81. The van der Waals surface area contributed by atoms with Crippen LogP contribution in [0.2, 0.25) is 0 Å². The Morgan fingerprint density at radius 1 is 1.45 bits per heavy atom. The van der Waals surface area contributed by atoms with Crippen LogP contribution in [0.4, 0.5) is 0 Å². The number of aryl methyl sites for hydroxylation is 1. The van der Waals surface area contributed by atoms with Crippen molar-refractivity contribution in [1.29, 1.82) is 0 Å². The molecular weight excluding hydrogens is 252 g/mol. The predicted octanol–water partition coefficient (Wildman–Crippen LogP) is 2.48. The lowest BCUT2D eigenvalue weighted by atomic mass is 10.1. The highest BCUT2D eigenvalue weighted by Gasteiger charge is 2.31. The number of benzene rings is 1. The first-order valence-corrected chi connectivity index (χ1v) is 7.20. The molecule has 0 aromatic heterocycles. The van der Waals surface area contributed by atoms with Crippen molar-refractivity contribution in [2.45, 2.75) is 33.4 Å². The van der Waals surface area contributed by atoms with Gasteiger partial charge in [-0.1, -0.05) is 19.9 Å². The number of amides is 1. The largest absolute Gasteiger partial charge is 0.496 e. The van der Waals surface area contributed by atoms with E-state index in [9.17, 15) is 4.79 Å².